The Bertz CT molecular complexity index is 534. The van der Waals surface area contributed by atoms with Gasteiger partial charge in [-0.3, -0.25) is 4.79 Å². The maximum atomic E-state index is 10.4. The minimum absolute atomic E-state index is 0.120. The number of aliphatic carboxylic acids is 1. The van der Waals surface area contributed by atoms with Gasteiger partial charge in [0, 0.05) is 6.42 Å². The van der Waals surface area contributed by atoms with Crippen LogP contribution in [-0.4, -0.2) is 17.7 Å². The first-order valence-corrected chi connectivity index (χ1v) is 6.41. The molecule has 0 aliphatic heterocycles. The summed E-state index contributed by atoms with van der Waals surface area (Å²) in [4.78, 5) is 10.4. The summed E-state index contributed by atoms with van der Waals surface area (Å²) >= 11 is 0. The first kappa shape index (κ1) is 13.9. The van der Waals surface area contributed by atoms with Crippen molar-refractivity contribution in [3.8, 4) is 17.2 Å². The van der Waals surface area contributed by atoms with Gasteiger partial charge in [-0.1, -0.05) is 18.2 Å². The topological polar surface area (TPSA) is 55.8 Å². The lowest BCUT2D eigenvalue weighted by Gasteiger charge is -2.08. The van der Waals surface area contributed by atoms with Crippen molar-refractivity contribution in [1.29, 1.82) is 0 Å². The highest BCUT2D eigenvalue weighted by Crippen LogP contribution is 2.23. The molecule has 0 saturated carbocycles. The first-order chi connectivity index (χ1) is 9.74. The molecule has 0 unspecified atom stereocenters. The number of hydrogen-bond donors (Lipinski definition) is 1. The maximum absolute atomic E-state index is 10.4. The molecule has 4 heteroatoms. The van der Waals surface area contributed by atoms with Crippen molar-refractivity contribution < 1.29 is 19.4 Å². The Kier molecular flexibility index (Phi) is 5.00. The predicted octanol–water partition coefficient (Wildman–Crippen LogP) is 3.72. The quantitative estimate of drug-likeness (QED) is 0.780. The Morgan fingerprint density at radius 3 is 2.15 bits per heavy atom. The third-order valence-electron chi connectivity index (χ3n) is 2.61. The molecule has 104 valence electrons. The van der Waals surface area contributed by atoms with Gasteiger partial charge in [-0.15, -0.1) is 0 Å². The monoisotopic (exact) mass is 272 g/mol. The lowest BCUT2D eigenvalue weighted by molar-refractivity contribution is -0.137. The van der Waals surface area contributed by atoms with Crippen LogP contribution in [0.4, 0.5) is 0 Å². The van der Waals surface area contributed by atoms with Gasteiger partial charge in [0.25, 0.3) is 0 Å². The van der Waals surface area contributed by atoms with Crippen LogP contribution < -0.4 is 9.47 Å². The Hall–Kier alpha value is -2.49. The van der Waals surface area contributed by atoms with Gasteiger partial charge in [0.05, 0.1) is 6.61 Å². The van der Waals surface area contributed by atoms with E-state index >= 15 is 0 Å². The third-order valence-corrected chi connectivity index (χ3v) is 2.61. The van der Waals surface area contributed by atoms with Crippen LogP contribution in [0.25, 0.3) is 0 Å². The van der Waals surface area contributed by atoms with E-state index < -0.39 is 5.97 Å². The van der Waals surface area contributed by atoms with Crippen LogP contribution >= 0.6 is 0 Å². The molecule has 0 aliphatic rings. The molecule has 1 N–H and O–H groups in total. The molecular formula is C16H16O4. The molecule has 0 spiro atoms. The molecule has 0 radical (unpaired) electrons. The smallest absolute Gasteiger partial charge is 0.303 e. The fraction of sp³-hybridized carbons (Fsp3) is 0.188. The molecule has 0 aliphatic carbocycles. The minimum atomic E-state index is -0.805. The Morgan fingerprint density at radius 1 is 0.900 bits per heavy atom. The summed E-state index contributed by atoms with van der Waals surface area (Å²) in [7, 11) is 0. The van der Waals surface area contributed by atoms with Crippen molar-refractivity contribution >= 4 is 5.97 Å². The average molecular weight is 272 g/mol. The number of carboxylic acids is 1. The van der Waals surface area contributed by atoms with Crippen LogP contribution in [0.1, 0.15) is 12.8 Å². The van der Waals surface area contributed by atoms with E-state index in [-0.39, 0.29) is 6.42 Å². The van der Waals surface area contributed by atoms with E-state index in [0.29, 0.717) is 18.8 Å². The summed E-state index contributed by atoms with van der Waals surface area (Å²) < 4.78 is 11.1. The van der Waals surface area contributed by atoms with Crippen molar-refractivity contribution in [2.24, 2.45) is 0 Å². The molecule has 20 heavy (non-hydrogen) atoms. The minimum Gasteiger partial charge on any atom is -0.494 e. The van der Waals surface area contributed by atoms with Crippen molar-refractivity contribution in [3.05, 3.63) is 54.6 Å². The Morgan fingerprint density at radius 2 is 1.50 bits per heavy atom. The van der Waals surface area contributed by atoms with E-state index in [2.05, 4.69) is 0 Å². The van der Waals surface area contributed by atoms with Crippen LogP contribution in [-0.2, 0) is 4.79 Å². The molecule has 2 aromatic rings. The van der Waals surface area contributed by atoms with Gasteiger partial charge in [-0.2, -0.15) is 0 Å². The van der Waals surface area contributed by atoms with Crippen LogP contribution in [0, 0.1) is 0 Å². The first-order valence-electron chi connectivity index (χ1n) is 6.41. The van der Waals surface area contributed by atoms with Gasteiger partial charge >= 0.3 is 5.97 Å². The maximum Gasteiger partial charge on any atom is 0.303 e. The lowest BCUT2D eigenvalue weighted by atomic mass is 10.3. The molecule has 4 nitrogen and oxygen atoms in total. The van der Waals surface area contributed by atoms with Crippen LogP contribution in [0.5, 0.6) is 17.2 Å². The molecule has 0 bridgehead atoms. The van der Waals surface area contributed by atoms with Crippen LogP contribution in [0.3, 0.4) is 0 Å². The summed E-state index contributed by atoms with van der Waals surface area (Å²) in [6.45, 7) is 0.394. The molecule has 0 aromatic heterocycles. The molecule has 2 aromatic carbocycles. The summed E-state index contributed by atoms with van der Waals surface area (Å²) in [5.41, 5.74) is 0. The second kappa shape index (κ2) is 7.19. The van der Waals surface area contributed by atoms with Gasteiger partial charge < -0.3 is 14.6 Å². The van der Waals surface area contributed by atoms with E-state index in [9.17, 15) is 4.79 Å². The predicted molar refractivity (Wildman–Crippen MR) is 75.3 cm³/mol. The Balaban J connectivity index is 1.82. The van der Waals surface area contributed by atoms with E-state index in [0.717, 1.165) is 11.5 Å². The molecule has 0 amide bonds. The van der Waals surface area contributed by atoms with E-state index in [1.165, 1.54) is 0 Å². The highest BCUT2D eigenvalue weighted by atomic mass is 16.5. The Labute approximate surface area is 117 Å². The van der Waals surface area contributed by atoms with Gasteiger partial charge in [0.15, 0.2) is 0 Å². The number of ether oxygens (including phenoxy) is 2. The normalized spacial score (nSPS) is 10.0. The highest BCUT2D eigenvalue weighted by Gasteiger charge is 2.00. The van der Waals surface area contributed by atoms with Crippen LogP contribution in [0.2, 0.25) is 0 Å². The average Bonchev–Trinajstić information content (AvgIpc) is 2.46. The van der Waals surface area contributed by atoms with Gasteiger partial charge in [0.1, 0.15) is 17.2 Å². The van der Waals surface area contributed by atoms with Gasteiger partial charge in [-0.25, -0.2) is 0 Å². The summed E-state index contributed by atoms with van der Waals surface area (Å²) in [5.74, 6) is 1.41. The van der Waals surface area contributed by atoms with Gasteiger partial charge in [-0.05, 0) is 42.8 Å². The largest absolute Gasteiger partial charge is 0.494 e. The highest BCUT2D eigenvalue weighted by molar-refractivity contribution is 5.66. The fourth-order valence-electron chi connectivity index (χ4n) is 1.64. The van der Waals surface area contributed by atoms with Crippen molar-refractivity contribution in [2.45, 2.75) is 12.8 Å². The number of carboxylic acid groups (broad SMARTS) is 1. The zero-order valence-electron chi connectivity index (χ0n) is 11.0. The summed E-state index contributed by atoms with van der Waals surface area (Å²) in [6.07, 6.45) is 0.618. The number of rotatable bonds is 7. The second-order valence-corrected chi connectivity index (χ2v) is 4.23. The van der Waals surface area contributed by atoms with Crippen molar-refractivity contribution in [2.75, 3.05) is 6.61 Å². The second-order valence-electron chi connectivity index (χ2n) is 4.23. The number of para-hydroxylation sites is 1. The van der Waals surface area contributed by atoms with Crippen LogP contribution in [0.15, 0.2) is 54.6 Å². The summed E-state index contributed by atoms with van der Waals surface area (Å²) in [5, 5.41) is 8.52. The van der Waals surface area contributed by atoms with Crippen molar-refractivity contribution in [3.63, 3.8) is 0 Å². The third kappa shape index (κ3) is 4.65. The van der Waals surface area contributed by atoms with Gasteiger partial charge in [0.2, 0.25) is 0 Å². The molecular weight excluding hydrogens is 256 g/mol. The lowest BCUT2D eigenvalue weighted by Crippen LogP contribution is -2.01. The molecule has 0 saturated heterocycles. The SMILES string of the molecule is O=C(O)CCCOc1ccc(Oc2ccccc2)cc1. The zero-order chi connectivity index (χ0) is 14.2. The molecule has 0 fully saturated rings. The van der Waals surface area contributed by atoms with Crippen molar-refractivity contribution in [1.82, 2.24) is 0 Å². The molecule has 2 rings (SSSR count). The van der Waals surface area contributed by atoms with E-state index in [4.69, 9.17) is 14.6 Å². The molecule has 0 atom stereocenters. The zero-order valence-corrected chi connectivity index (χ0v) is 11.0. The molecule has 0 heterocycles. The van der Waals surface area contributed by atoms with E-state index in [1.54, 1.807) is 12.1 Å². The fourth-order valence-corrected chi connectivity index (χ4v) is 1.64. The number of benzene rings is 2. The number of hydrogen-bond acceptors (Lipinski definition) is 3. The van der Waals surface area contributed by atoms with E-state index in [1.807, 2.05) is 42.5 Å². The number of carbonyl (C=O) groups is 1. The summed E-state index contributed by atoms with van der Waals surface area (Å²) in [6, 6.07) is 16.8. The standard InChI is InChI=1S/C16H16O4/c17-16(18)7-4-12-19-13-8-10-15(11-9-13)20-14-5-2-1-3-6-14/h1-3,5-6,8-11H,4,7,12H2,(H,17,18).